The van der Waals surface area contributed by atoms with Gasteiger partial charge in [-0.1, -0.05) is 0 Å². The van der Waals surface area contributed by atoms with Gasteiger partial charge in [0.05, 0.1) is 16.2 Å². The number of hydrogen-bond acceptors (Lipinski definition) is 4. The lowest BCUT2D eigenvalue weighted by Gasteiger charge is -2.10. The molecule has 0 atom stereocenters. The van der Waals surface area contributed by atoms with Gasteiger partial charge in [0.15, 0.2) is 0 Å². The minimum absolute atomic E-state index is 0.0236. The van der Waals surface area contributed by atoms with Gasteiger partial charge in [0.2, 0.25) is 0 Å². The van der Waals surface area contributed by atoms with E-state index in [1.807, 2.05) is 6.92 Å². The number of hydrogen-bond donors (Lipinski definition) is 1. The third kappa shape index (κ3) is 1.35. The Balaban J connectivity index is 2.41. The van der Waals surface area contributed by atoms with Crippen LogP contribution in [0.3, 0.4) is 0 Å². The van der Waals surface area contributed by atoms with Crippen LogP contribution in [0, 0.1) is 17.0 Å². The van der Waals surface area contributed by atoms with Gasteiger partial charge < -0.3 is 5.73 Å². The van der Waals surface area contributed by atoms with Gasteiger partial charge in [0.25, 0.3) is 5.69 Å². The zero-order chi connectivity index (χ0) is 10.3. The van der Waals surface area contributed by atoms with Crippen molar-refractivity contribution in [2.75, 3.05) is 0 Å². The van der Waals surface area contributed by atoms with Crippen molar-refractivity contribution in [1.82, 2.24) is 4.98 Å². The first kappa shape index (κ1) is 9.08. The maximum atomic E-state index is 10.5. The van der Waals surface area contributed by atoms with Crippen LogP contribution in [0.5, 0.6) is 0 Å². The Morgan fingerprint density at radius 2 is 2.29 bits per heavy atom. The van der Waals surface area contributed by atoms with Crippen molar-refractivity contribution < 1.29 is 4.92 Å². The Labute approximate surface area is 81.1 Å². The van der Waals surface area contributed by atoms with Gasteiger partial charge in [-0.2, -0.15) is 0 Å². The van der Waals surface area contributed by atoms with E-state index in [1.54, 1.807) is 0 Å². The highest BCUT2D eigenvalue weighted by atomic mass is 16.6. The molecule has 2 rings (SSSR count). The van der Waals surface area contributed by atoms with Crippen LogP contribution in [-0.4, -0.2) is 9.91 Å². The van der Waals surface area contributed by atoms with Gasteiger partial charge in [-0.15, -0.1) is 0 Å². The van der Waals surface area contributed by atoms with E-state index >= 15 is 0 Å². The monoisotopic (exact) mass is 193 g/mol. The standard InChI is InChI=1S/C9H11N3O2/c1-6-4-7(12(13)14)5-11-8(6)9(10)2-3-9/h4-5H,2-3,10H2,1H3. The summed E-state index contributed by atoms with van der Waals surface area (Å²) in [6.07, 6.45) is 3.10. The van der Waals surface area contributed by atoms with Gasteiger partial charge in [0.1, 0.15) is 6.20 Å². The first-order chi connectivity index (χ1) is 6.53. The normalized spacial score (nSPS) is 17.9. The molecule has 1 aliphatic rings. The molecule has 1 saturated carbocycles. The van der Waals surface area contributed by atoms with E-state index in [0.29, 0.717) is 0 Å². The Hall–Kier alpha value is -1.49. The van der Waals surface area contributed by atoms with E-state index in [9.17, 15) is 10.1 Å². The Kier molecular flexibility index (Phi) is 1.78. The van der Waals surface area contributed by atoms with Crippen molar-refractivity contribution in [2.24, 2.45) is 5.73 Å². The fraction of sp³-hybridized carbons (Fsp3) is 0.444. The zero-order valence-corrected chi connectivity index (χ0v) is 7.86. The first-order valence-electron chi connectivity index (χ1n) is 4.43. The molecular formula is C9H11N3O2. The molecule has 1 aliphatic carbocycles. The van der Waals surface area contributed by atoms with Gasteiger partial charge >= 0.3 is 0 Å². The van der Waals surface area contributed by atoms with Crippen LogP contribution in [0.15, 0.2) is 12.3 Å². The van der Waals surface area contributed by atoms with Crippen LogP contribution in [0.2, 0.25) is 0 Å². The maximum absolute atomic E-state index is 10.5. The van der Waals surface area contributed by atoms with E-state index in [0.717, 1.165) is 24.1 Å². The second-order valence-corrected chi connectivity index (χ2v) is 3.77. The van der Waals surface area contributed by atoms with Gasteiger partial charge in [-0.05, 0) is 25.3 Å². The quantitative estimate of drug-likeness (QED) is 0.566. The average molecular weight is 193 g/mol. The minimum Gasteiger partial charge on any atom is -0.320 e. The second kappa shape index (κ2) is 2.75. The van der Waals surface area contributed by atoms with Crippen molar-refractivity contribution in [3.63, 3.8) is 0 Å². The number of aromatic nitrogens is 1. The third-order valence-electron chi connectivity index (χ3n) is 2.53. The predicted octanol–water partition coefficient (Wildman–Crippen LogP) is 1.25. The largest absolute Gasteiger partial charge is 0.320 e. The fourth-order valence-electron chi connectivity index (χ4n) is 1.55. The van der Waals surface area contributed by atoms with Crippen molar-refractivity contribution in [1.29, 1.82) is 0 Å². The molecule has 0 radical (unpaired) electrons. The number of rotatable bonds is 2. The molecule has 0 unspecified atom stereocenters. The molecule has 0 aliphatic heterocycles. The fourth-order valence-corrected chi connectivity index (χ4v) is 1.55. The summed E-state index contributed by atoms with van der Waals surface area (Å²) in [6, 6.07) is 1.52. The van der Waals surface area contributed by atoms with Crippen LogP contribution in [0.4, 0.5) is 5.69 Å². The van der Waals surface area contributed by atoms with Crippen LogP contribution in [-0.2, 0) is 5.54 Å². The van der Waals surface area contributed by atoms with Crippen molar-refractivity contribution in [3.05, 3.63) is 33.6 Å². The Morgan fingerprint density at radius 3 is 2.71 bits per heavy atom. The molecule has 1 aromatic heterocycles. The molecule has 1 fully saturated rings. The minimum atomic E-state index is -0.445. The van der Waals surface area contributed by atoms with E-state index < -0.39 is 4.92 Å². The van der Waals surface area contributed by atoms with Crippen LogP contribution < -0.4 is 5.73 Å². The molecule has 14 heavy (non-hydrogen) atoms. The van der Waals surface area contributed by atoms with Crippen molar-refractivity contribution >= 4 is 5.69 Å². The van der Waals surface area contributed by atoms with Crippen molar-refractivity contribution in [2.45, 2.75) is 25.3 Å². The van der Waals surface area contributed by atoms with E-state index in [1.165, 1.54) is 12.3 Å². The average Bonchev–Trinajstić information content (AvgIpc) is 2.84. The lowest BCUT2D eigenvalue weighted by Crippen LogP contribution is -2.21. The number of nitrogens with zero attached hydrogens (tertiary/aromatic N) is 2. The van der Waals surface area contributed by atoms with E-state index in [2.05, 4.69) is 4.98 Å². The molecule has 1 heterocycles. The van der Waals surface area contributed by atoms with Crippen LogP contribution in [0.1, 0.15) is 24.1 Å². The summed E-state index contributed by atoms with van der Waals surface area (Å²) in [7, 11) is 0. The molecule has 0 amide bonds. The van der Waals surface area contributed by atoms with Gasteiger partial charge in [0, 0.05) is 6.07 Å². The molecule has 0 aromatic carbocycles. The Morgan fingerprint density at radius 1 is 1.64 bits per heavy atom. The van der Waals surface area contributed by atoms with Crippen LogP contribution >= 0.6 is 0 Å². The van der Waals surface area contributed by atoms with Crippen molar-refractivity contribution in [3.8, 4) is 0 Å². The molecular weight excluding hydrogens is 182 g/mol. The summed E-state index contributed by atoms with van der Waals surface area (Å²) in [4.78, 5) is 14.1. The summed E-state index contributed by atoms with van der Waals surface area (Å²) in [5, 5.41) is 10.5. The highest BCUT2D eigenvalue weighted by molar-refractivity contribution is 5.38. The summed E-state index contributed by atoms with van der Waals surface area (Å²) >= 11 is 0. The smallest absolute Gasteiger partial charge is 0.287 e. The summed E-state index contributed by atoms with van der Waals surface area (Å²) < 4.78 is 0. The lowest BCUT2D eigenvalue weighted by molar-refractivity contribution is -0.385. The highest BCUT2D eigenvalue weighted by Crippen LogP contribution is 2.43. The van der Waals surface area contributed by atoms with Gasteiger partial charge in [-0.3, -0.25) is 15.1 Å². The third-order valence-corrected chi connectivity index (χ3v) is 2.53. The number of nitrogens with two attached hydrogens (primary N) is 1. The molecule has 5 heteroatoms. The molecule has 0 spiro atoms. The molecule has 5 nitrogen and oxygen atoms in total. The number of nitro groups is 1. The lowest BCUT2D eigenvalue weighted by atomic mass is 10.1. The van der Waals surface area contributed by atoms with E-state index in [4.69, 9.17) is 5.73 Å². The predicted molar refractivity (Wildman–Crippen MR) is 50.7 cm³/mol. The molecule has 1 aromatic rings. The summed E-state index contributed by atoms with van der Waals surface area (Å²) in [5.41, 5.74) is 7.27. The maximum Gasteiger partial charge on any atom is 0.287 e. The molecule has 0 saturated heterocycles. The van der Waals surface area contributed by atoms with Crippen LogP contribution in [0.25, 0.3) is 0 Å². The Bertz CT molecular complexity index is 399. The second-order valence-electron chi connectivity index (χ2n) is 3.77. The summed E-state index contributed by atoms with van der Waals surface area (Å²) in [6.45, 7) is 1.81. The van der Waals surface area contributed by atoms with Gasteiger partial charge in [-0.25, -0.2) is 0 Å². The number of pyridine rings is 1. The zero-order valence-electron chi connectivity index (χ0n) is 7.86. The molecule has 74 valence electrons. The molecule has 2 N–H and O–H groups in total. The number of aryl methyl sites for hydroxylation is 1. The van der Waals surface area contributed by atoms with E-state index in [-0.39, 0.29) is 11.2 Å². The topological polar surface area (TPSA) is 82.0 Å². The highest BCUT2D eigenvalue weighted by Gasteiger charge is 2.42. The SMILES string of the molecule is Cc1cc([N+](=O)[O-])cnc1C1(N)CC1. The molecule has 0 bridgehead atoms. The first-order valence-corrected chi connectivity index (χ1v) is 4.43. The summed E-state index contributed by atoms with van der Waals surface area (Å²) in [5.74, 6) is 0.